The van der Waals surface area contributed by atoms with Crippen molar-refractivity contribution in [3.05, 3.63) is 57.0 Å². The molecule has 0 aromatic heterocycles. The molecule has 0 spiro atoms. The molecule has 2 aliphatic rings. The minimum absolute atomic E-state index is 0. The van der Waals surface area contributed by atoms with Crippen LogP contribution in [0.25, 0.3) is 6.08 Å². The normalized spacial score (nSPS) is 20.1. The van der Waals surface area contributed by atoms with Crippen molar-refractivity contribution >= 4 is 41.4 Å². The van der Waals surface area contributed by atoms with Crippen molar-refractivity contribution in [2.24, 2.45) is 0 Å². The van der Waals surface area contributed by atoms with E-state index in [2.05, 4.69) is 24.2 Å². The maximum Gasteiger partial charge on any atom is 0.290 e. The number of thioether (sulfide) groups is 1. The second-order valence-electron chi connectivity index (χ2n) is 9.59. The average Bonchev–Trinajstić information content (AvgIpc) is 3.13. The van der Waals surface area contributed by atoms with Gasteiger partial charge in [0.05, 0.1) is 4.91 Å². The number of likely N-dealkylation sites (N-methyl/N-ethyl adjacent to an activating group) is 1. The molecule has 7 nitrogen and oxygen atoms in total. The van der Waals surface area contributed by atoms with Crippen LogP contribution in [0.1, 0.15) is 41.2 Å². The number of fused-ring (bicyclic) bond motifs is 1. The van der Waals surface area contributed by atoms with E-state index in [1.165, 1.54) is 0 Å². The van der Waals surface area contributed by atoms with Crippen LogP contribution < -0.4 is 14.8 Å². The lowest BCUT2D eigenvalue weighted by molar-refractivity contribution is -0.115. The van der Waals surface area contributed by atoms with Crippen molar-refractivity contribution in [2.75, 3.05) is 26.7 Å². The molecule has 2 aromatic carbocycles. The molecular weight excluding hydrogens is 500 g/mol. The van der Waals surface area contributed by atoms with Crippen molar-refractivity contribution in [3.63, 3.8) is 0 Å². The highest BCUT2D eigenvalue weighted by molar-refractivity contribution is 8.18. The number of aromatic hydroxyl groups is 1. The topological polar surface area (TPSA) is 88.1 Å². The lowest BCUT2D eigenvalue weighted by Crippen LogP contribution is -2.47. The van der Waals surface area contributed by atoms with E-state index in [0.29, 0.717) is 17.3 Å². The standard InChI is InChI=1S/C27H32N2O5S.ClH/c1-16-17(2)24-21(18(3)23(16)30)10-11-27(4,34-24)15-29(5)12-13-33-20-8-6-19(7-9-20)14-22-25(31)28-26(32)35-22;/h6-9,14,30H,10-13,15H2,1-5H3,(H,28,31,32);1H/b22-14-;. The van der Waals surface area contributed by atoms with Crippen molar-refractivity contribution in [1.82, 2.24) is 10.2 Å². The van der Waals surface area contributed by atoms with E-state index >= 15 is 0 Å². The summed E-state index contributed by atoms with van der Waals surface area (Å²) in [6.45, 7) is 10.1. The SMILES string of the molecule is Cc1c(C)c2c(c(C)c1O)CCC(C)(CN(C)CCOc1ccc(/C=C3\SC(=O)NC3=O)cc1)O2.Cl. The molecule has 0 bridgehead atoms. The van der Waals surface area contributed by atoms with E-state index in [9.17, 15) is 14.7 Å². The zero-order valence-corrected chi connectivity index (χ0v) is 22.9. The Morgan fingerprint density at radius 1 is 1.17 bits per heavy atom. The summed E-state index contributed by atoms with van der Waals surface area (Å²) in [5.74, 6) is 1.69. The van der Waals surface area contributed by atoms with Crippen LogP contribution in [0.15, 0.2) is 29.2 Å². The maximum absolute atomic E-state index is 11.7. The minimum Gasteiger partial charge on any atom is -0.507 e. The zero-order chi connectivity index (χ0) is 25.3. The first-order valence-electron chi connectivity index (χ1n) is 11.7. The molecule has 2 aromatic rings. The first-order chi connectivity index (χ1) is 16.6. The van der Waals surface area contributed by atoms with Gasteiger partial charge in [-0.3, -0.25) is 19.8 Å². The van der Waals surface area contributed by atoms with Crippen LogP contribution in [0.4, 0.5) is 4.79 Å². The van der Waals surface area contributed by atoms with Gasteiger partial charge in [-0.1, -0.05) is 12.1 Å². The van der Waals surface area contributed by atoms with Gasteiger partial charge in [0.15, 0.2) is 0 Å². The Bertz CT molecular complexity index is 1200. The van der Waals surface area contributed by atoms with Crippen molar-refractivity contribution in [3.8, 4) is 17.2 Å². The van der Waals surface area contributed by atoms with E-state index in [1.54, 1.807) is 6.08 Å². The molecule has 1 saturated heterocycles. The first-order valence-corrected chi connectivity index (χ1v) is 12.5. The lowest BCUT2D eigenvalue weighted by atomic mass is 9.87. The minimum atomic E-state index is -0.360. The molecule has 0 saturated carbocycles. The van der Waals surface area contributed by atoms with Crippen LogP contribution in [-0.4, -0.2) is 53.5 Å². The van der Waals surface area contributed by atoms with Gasteiger partial charge >= 0.3 is 0 Å². The Hall–Kier alpha value is -2.68. The molecule has 0 aliphatic carbocycles. The third-order valence-electron chi connectivity index (χ3n) is 6.76. The van der Waals surface area contributed by atoms with E-state index in [4.69, 9.17) is 9.47 Å². The van der Waals surface area contributed by atoms with Gasteiger partial charge in [-0.2, -0.15) is 0 Å². The van der Waals surface area contributed by atoms with Crippen LogP contribution in [-0.2, 0) is 11.2 Å². The number of hydrogen-bond donors (Lipinski definition) is 2. The Labute approximate surface area is 222 Å². The highest BCUT2D eigenvalue weighted by atomic mass is 35.5. The molecule has 2 aliphatic heterocycles. The molecule has 2 amide bonds. The monoisotopic (exact) mass is 532 g/mol. The summed E-state index contributed by atoms with van der Waals surface area (Å²) in [5.41, 5.74) is 4.45. The molecule has 2 heterocycles. The van der Waals surface area contributed by atoms with Gasteiger partial charge < -0.3 is 14.6 Å². The zero-order valence-electron chi connectivity index (χ0n) is 21.3. The summed E-state index contributed by atoms with van der Waals surface area (Å²) < 4.78 is 12.4. The molecule has 1 atom stereocenters. The molecule has 36 heavy (non-hydrogen) atoms. The molecule has 1 unspecified atom stereocenters. The number of rotatable bonds is 7. The van der Waals surface area contributed by atoms with E-state index in [-0.39, 0.29) is 29.2 Å². The molecule has 2 N–H and O–H groups in total. The summed E-state index contributed by atoms with van der Waals surface area (Å²) in [6.07, 6.45) is 3.46. The van der Waals surface area contributed by atoms with Gasteiger partial charge in [0.2, 0.25) is 0 Å². The second-order valence-corrected chi connectivity index (χ2v) is 10.6. The summed E-state index contributed by atoms with van der Waals surface area (Å²) >= 11 is 0.906. The Morgan fingerprint density at radius 3 is 2.50 bits per heavy atom. The number of carbonyl (C=O) groups is 2. The average molecular weight is 533 g/mol. The van der Waals surface area contributed by atoms with Crippen molar-refractivity contribution < 1.29 is 24.2 Å². The number of halogens is 1. The fourth-order valence-electron chi connectivity index (χ4n) is 4.61. The number of imide groups is 1. The molecule has 4 rings (SSSR count). The molecule has 0 radical (unpaired) electrons. The highest BCUT2D eigenvalue weighted by Gasteiger charge is 2.35. The quantitative estimate of drug-likeness (QED) is 0.476. The number of phenols is 1. The summed E-state index contributed by atoms with van der Waals surface area (Å²) in [4.78, 5) is 25.6. The Kier molecular flexibility index (Phi) is 8.64. The lowest BCUT2D eigenvalue weighted by Gasteiger charge is -2.40. The largest absolute Gasteiger partial charge is 0.507 e. The maximum atomic E-state index is 11.7. The summed E-state index contributed by atoms with van der Waals surface area (Å²) in [6, 6.07) is 7.44. The third-order valence-corrected chi connectivity index (χ3v) is 7.57. The van der Waals surface area contributed by atoms with E-state index < -0.39 is 0 Å². The highest BCUT2D eigenvalue weighted by Crippen LogP contribution is 2.43. The number of amides is 2. The van der Waals surface area contributed by atoms with Crippen molar-refractivity contribution in [2.45, 2.75) is 46.1 Å². The Balaban J connectivity index is 0.00000361. The van der Waals surface area contributed by atoms with Crippen LogP contribution in [0.3, 0.4) is 0 Å². The van der Waals surface area contributed by atoms with Gasteiger partial charge in [-0.15, -0.1) is 12.4 Å². The van der Waals surface area contributed by atoms with Crippen molar-refractivity contribution in [1.29, 1.82) is 0 Å². The summed E-state index contributed by atoms with van der Waals surface area (Å²) in [7, 11) is 2.06. The fourth-order valence-corrected chi connectivity index (χ4v) is 5.29. The molecule has 9 heteroatoms. The predicted molar refractivity (Wildman–Crippen MR) is 145 cm³/mol. The summed E-state index contributed by atoms with van der Waals surface area (Å²) in [5, 5.41) is 12.3. The first kappa shape index (κ1) is 27.9. The third kappa shape index (κ3) is 5.99. The number of hydrogen-bond acceptors (Lipinski definition) is 7. The number of carbonyl (C=O) groups excluding carboxylic acids is 2. The van der Waals surface area contributed by atoms with Gasteiger partial charge in [0.25, 0.3) is 11.1 Å². The van der Waals surface area contributed by atoms with E-state index in [0.717, 1.165) is 77.0 Å². The Morgan fingerprint density at radius 2 is 1.86 bits per heavy atom. The predicted octanol–water partition coefficient (Wildman–Crippen LogP) is 5.16. The number of benzene rings is 2. The molecule has 194 valence electrons. The van der Waals surface area contributed by atoms with Gasteiger partial charge in [-0.25, -0.2) is 0 Å². The number of ether oxygens (including phenoxy) is 2. The van der Waals surface area contributed by atoms with Gasteiger partial charge in [0, 0.05) is 18.7 Å². The van der Waals surface area contributed by atoms with Crippen LogP contribution in [0.2, 0.25) is 0 Å². The second kappa shape index (κ2) is 11.2. The fraction of sp³-hybridized carbons (Fsp3) is 0.407. The van der Waals surface area contributed by atoms with Gasteiger partial charge in [-0.05, 0) is 99.8 Å². The number of nitrogens with zero attached hydrogens (tertiary/aromatic N) is 1. The molecule has 1 fully saturated rings. The number of phenolic OH excluding ortho intramolecular Hbond substituents is 1. The van der Waals surface area contributed by atoms with Gasteiger partial charge in [0.1, 0.15) is 29.5 Å². The number of nitrogens with one attached hydrogen (secondary N) is 1. The van der Waals surface area contributed by atoms with Crippen LogP contribution >= 0.6 is 24.2 Å². The smallest absolute Gasteiger partial charge is 0.290 e. The van der Waals surface area contributed by atoms with E-state index in [1.807, 2.05) is 45.0 Å². The van der Waals surface area contributed by atoms with Crippen LogP contribution in [0.5, 0.6) is 17.2 Å². The van der Waals surface area contributed by atoms with Crippen LogP contribution in [0, 0.1) is 20.8 Å². The molecular formula is C27H33ClN2O5S.